The van der Waals surface area contributed by atoms with Crippen LogP contribution in [0.2, 0.25) is 0 Å². The number of guanidine groups is 1. The van der Waals surface area contributed by atoms with Gasteiger partial charge in [-0.25, -0.2) is 4.99 Å². The highest BCUT2D eigenvalue weighted by molar-refractivity contribution is 7.17. The van der Waals surface area contributed by atoms with Crippen LogP contribution in [0.1, 0.15) is 25.3 Å². The summed E-state index contributed by atoms with van der Waals surface area (Å²) in [4.78, 5) is 18.4. The molecule has 0 spiro atoms. The molecule has 0 radical (unpaired) electrons. The second kappa shape index (κ2) is 5.70. The minimum Gasteiger partial charge on any atom is -0.396 e. The van der Waals surface area contributed by atoms with Crippen LogP contribution in [0, 0.1) is 0 Å². The molecule has 22 heavy (non-hydrogen) atoms. The maximum Gasteiger partial charge on any atom is 0.232 e. The van der Waals surface area contributed by atoms with Crippen LogP contribution in [-0.2, 0) is 10.3 Å². The normalized spacial score (nSPS) is 22.2. The van der Waals surface area contributed by atoms with Crippen LogP contribution in [0.15, 0.2) is 34.6 Å². The zero-order valence-corrected chi connectivity index (χ0v) is 13.3. The molecule has 0 fully saturated rings. The summed E-state index contributed by atoms with van der Waals surface area (Å²) in [5.41, 5.74) is 6.36. The summed E-state index contributed by atoms with van der Waals surface area (Å²) in [6.45, 7) is 2.38. The molecule has 0 aliphatic carbocycles. The van der Waals surface area contributed by atoms with Crippen molar-refractivity contribution in [3.05, 3.63) is 35.2 Å². The van der Waals surface area contributed by atoms with Gasteiger partial charge < -0.3 is 10.8 Å². The lowest BCUT2D eigenvalue weighted by Gasteiger charge is -2.35. The van der Waals surface area contributed by atoms with E-state index in [-0.39, 0.29) is 24.9 Å². The van der Waals surface area contributed by atoms with Crippen molar-refractivity contribution in [3.63, 3.8) is 0 Å². The fraction of sp³-hybridized carbons (Fsp3) is 0.375. The third-order valence-electron chi connectivity index (χ3n) is 4.05. The Kier molecular flexibility index (Phi) is 3.88. The van der Waals surface area contributed by atoms with Gasteiger partial charge in [0, 0.05) is 17.9 Å². The molecule has 2 heterocycles. The number of benzene rings is 1. The van der Waals surface area contributed by atoms with Crippen LogP contribution in [0.25, 0.3) is 10.1 Å². The second-order valence-electron chi connectivity index (χ2n) is 5.72. The van der Waals surface area contributed by atoms with E-state index in [1.54, 1.807) is 11.3 Å². The van der Waals surface area contributed by atoms with E-state index in [0.717, 1.165) is 10.9 Å². The minimum atomic E-state index is -0.632. The molecule has 1 aliphatic rings. The van der Waals surface area contributed by atoms with E-state index in [4.69, 9.17) is 10.8 Å². The Morgan fingerprint density at radius 3 is 3.00 bits per heavy atom. The number of hydrogen-bond acceptors (Lipinski definition) is 5. The Balaban J connectivity index is 1.95. The predicted molar refractivity (Wildman–Crippen MR) is 88.8 cm³/mol. The van der Waals surface area contributed by atoms with Crippen LogP contribution in [0.5, 0.6) is 0 Å². The van der Waals surface area contributed by atoms with Crippen molar-refractivity contribution < 1.29 is 9.90 Å². The van der Waals surface area contributed by atoms with E-state index in [9.17, 15) is 4.79 Å². The summed E-state index contributed by atoms with van der Waals surface area (Å²) >= 11 is 1.69. The molecule has 5 nitrogen and oxygen atoms in total. The number of thiophene rings is 1. The zero-order valence-electron chi connectivity index (χ0n) is 12.5. The number of nitrogens with zero attached hydrogens (tertiary/aromatic N) is 2. The lowest BCUT2D eigenvalue weighted by Crippen LogP contribution is -2.50. The van der Waals surface area contributed by atoms with Crippen LogP contribution < -0.4 is 5.73 Å². The third-order valence-corrected chi connectivity index (χ3v) is 4.95. The first-order valence-electron chi connectivity index (χ1n) is 7.28. The van der Waals surface area contributed by atoms with Crippen molar-refractivity contribution in [2.45, 2.75) is 25.3 Å². The molecule has 2 aromatic rings. The van der Waals surface area contributed by atoms with Crippen LogP contribution >= 0.6 is 11.3 Å². The van der Waals surface area contributed by atoms with Crippen molar-refractivity contribution in [2.24, 2.45) is 10.7 Å². The average molecular weight is 317 g/mol. The fourth-order valence-corrected chi connectivity index (χ4v) is 3.58. The first-order chi connectivity index (χ1) is 10.5. The molecular weight excluding hydrogens is 298 g/mol. The van der Waals surface area contributed by atoms with Gasteiger partial charge in [0.25, 0.3) is 0 Å². The monoisotopic (exact) mass is 317 g/mol. The van der Waals surface area contributed by atoms with E-state index in [1.165, 1.54) is 9.60 Å². The number of fused-ring (bicyclic) bond motifs is 1. The van der Waals surface area contributed by atoms with Gasteiger partial charge in [0.05, 0.1) is 12.0 Å². The molecule has 0 saturated carbocycles. The molecule has 6 heteroatoms. The van der Waals surface area contributed by atoms with E-state index >= 15 is 0 Å². The number of aliphatic imine (C=N–C) groups is 1. The number of amides is 1. The first-order valence-corrected chi connectivity index (χ1v) is 8.16. The standard InChI is InChI=1S/C16H19N3O2S/c1-16(12-3-4-13-11(9-12)5-8-22-13)10-14(21)19(6-2-7-20)15(17)18-16/h3-5,8-9,20H,2,6-7,10H2,1H3,(H2,17,18)/t16-/m0/s1. The topological polar surface area (TPSA) is 78.9 Å². The van der Waals surface area contributed by atoms with Gasteiger partial charge in [0.1, 0.15) is 0 Å². The van der Waals surface area contributed by atoms with E-state index in [0.29, 0.717) is 13.0 Å². The number of rotatable bonds is 4. The molecule has 1 atom stereocenters. The minimum absolute atomic E-state index is 0.0309. The summed E-state index contributed by atoms with van der Waals surface area (Å²) < 4.78 is 1.22. The van der Waals surface area contributed by atoms with Crippen molar-refractivity contribution in [1.82, 2.24) is 4.90 Å². The zero-order chi connectivity index (χ0) is 15.7. The van der Waals surface area contributed by atoms with Gasteiger partial charge in [0.2, 0.25) is 5.91 Å². The quantitative estimate of drug-likeness (QED) is 0.906. The molecule has 0 unspecified atom stereocenters. The molecule has 1 aromatic heterocycles. The van der Waals surface area contributed by atoms with Gasteiger partial charge in [-0.15, -0.1) is 11.3 Å². The SMILES string of the molecule is C[C@@]1(c2ccc3sccc3c2)CC(=O)N(CCCO)C(N)=N1. The van der Waals surface area contributed by atoms with Crippen molar-refractivity contribution in [3.8, 4) is 0 Å². The van der Waals surface area contributed by atoms with Gasteiger partial charge in [0.15, 0.2) is 5.96 Å². The molecule has 1 aliphatic heterocycles. The van der Waals surface area contributed by atoms with Gasteiger partial charge in [-0.3, -0.25) is 9.69 Å². The average Bonchev–Trinajstić information content (AvgIpc) is 2.93. The maximum absolute atomic E-state index is 12.4. The van der Waals surface area contributed by atoms with Crippen molar-refractivity contribution >= 4 is 33.3 Å². The van der Waals surface area contributed by atoms with Crippen LogP contribution in [0.4, 0.5) is 0 Å². The van der Waals surface area contributed by atoms with Crippen LogP contribution in [-0.4, -0.2) is 35.0 Å². The molecule has 0 bridgehead atoms. The number of hydrogen-bond donors (Lipinski definition) is 2. The smallest absolute Gasteiger partial charge is 0.232 e. The maximum atomic E-state index is 12.4. The summed E-state index contributed by atoms with van der Waals surface area (Å²) in [5.74, 6) is 0.187. The highest BCUT2D eigenvalue weighted by Crippen LogP contribution is 2.35. The molecule has 116 valence electrons. The molecule has 3 rings (SSSR count). The summed E-state index contributed by atoms with van der Waals surface area (Å²) in [6, 6.07) is 8.23. The molecule has 1 amide bonds. The Morgan fingerprint density at radius 2 is 2.27 bits per heavy atom. The number of nitrogens with two attached hydrogens (primary N) is 1. The molecule has 3 N–H and O–H groups in total. The van der Waals surface area contributed by atoms with E-state index in [2.05, 4.69) is 28.6 Å². The largest absolute Gasteiger partial charge is 0.396 e. The fourth-order valence-electron chi connectivity index (χ4n) is 2.81. The van der Waals surface area contributed by atoms with Gasteiger partial charge in [-0.05, 0) is 47.9 Å². The highest BCUT2D eigenvalue weighted by Gasteiger charge is 2.37. The number of carbonyl (C=O) groups excluding carboxylic acids is 1. The summed E-state index contributed by atoms with van der Waals surface area (Å²) in [7, 11) is 0. The number of carbonyl (C=O) groups is 1. The Hall–Kier alpha value is -1.92. The molecule has 1 aromatic carbocycles. The molecular formula is C16H19N3O2S. The highest BCUT2D eigenvalue weighted by atomic mass is 32.1. The summed E-state index contributed by atoms with van der Waals surface area (Å²) in [6.07, 6.45) is 0.786. The third kappa shape index (κ3) is 2.60. The number of aliphatic hydroxyl groups excluding tert-OH is 1. The van der Waals surface area contributed by atoms with Gasteiger partial charge in [-0.1, -0.05) is 6.07 Å². The van der Waals surface area contributed by atoms with Gasteiger partial charge >= 0.3 is 0 Å². The lowest BCUT2D eigenvalue weighted by molar-refractivity contribution is -0.129. The number of aliphatic hydroxyl groups is 1. The van der Waals surface area contributed by atoms with Crippen molar-refractivity contribution in [1.29, 1.82) is 0 Å². The lowest BCUT2D eigenvalue weighted by atomic mass is 9.87. The predicted octanol–water partition coefficient (Wildman–Crippen LogP) is 2.05. The second-order valence-corrected chi connectivity index (χ2v) is 6.66. The summed E-state index contributed by atoms with van der Waals surface area (Å²) in [5, 5.41) is 12.1. The van der Waals surface area contributed by atoms with Crippen molar-refractivity contribution in [2.75, 3.05) is 13.2 Å². The Labute approximate surface area is 133 Å². The van der Waals surface area contributed by atoms with E-state index in [1.807, 2.05) is 13.0 Å². The first kappa shape index (κ1) is 15.0. The Morgan fingerprint density at radius 1 is 1.45 bits per heavy atom. The Bertz CT molecular complexity index is 740. The molecule has 0 saturated heterocycles. The van der Waals surface area contributed by atoms with E-state index < -0.39 is 5.54 Å². The van der Waals surface area contributed by atoms with Gasteiger partial charge in [-0.2, -0.15) is 0 Å². The van der Waals surface area contributed by atoms with Crippen LogP contribution in [0.3, 0.4) is 0 Å².